The number of pyridine rings is 1. The molecule has 1 unspecified atom stereocenters. The van der Waals surface area contributed by atoms with Gasteiger partial charge in [-0.15, -0.1) is 0 Å². The zero-order valence-electron chi connectivity index (χ0n) is 25.1. The molecule has 0 fully saturated rings. The second-order valence-corrected chi connectivity index (χ2v) is 9.92. The lowest BCUT2D eigenvalue weighted by Crippen LogP contribution is -2.44. The number of hydrogen-bond acceptors (Lipinski definition) is 10. The first kappa shape index (κ1) is 33.7. The summed E-state index contributed by atoms with van der Waals surface area (Å²) < 4.78 is 39.3. The van der Waals surface area contributed by atoms with E-state index in [9.17, 15) is 37.9 Å². The Labute approximate surface area is 264 Å². The molecule has 3 N–H and O–H groups in total. The number of likely N-dealkylation sites (N-methyl/N-ethyl adjacent to an activating group) is 1. The standard InChI is InChI=1S/C29H28F2N8O8/c1-37(2)22(40)9-5-4-7-18(35-28(43)46-3)25(41)34-19-8-6-12-38(27(19)42)14-21-36-23-24(39(21)29(44)45)32-15-33-26(23)47-20-11-10-16(30)13-17(20)31/h5-6,8-13,15,18H,4,7,14H2,1-3H3,(H,34,41)(H,35,43)(H,44,45). The summed E-state index contributed by atoms with van der Waals surface area (Å²) in [5, 5.41) is 14.8. The summed E-state index contributed by atoms with van der Waals surface area (Å²) in [5.41, 5.74) is -1.39. The van der Waals surface area contributed by atoms with Crippen LogP contribution in [-0.2, 0) is 20.9 Å². The summed E-state index contributed by atoms with van der Waals surface area (Å²) in [6, 6.07) is 4.11. The van der Waals surface area contributed by atoms with E-state index in [4.69, 9.17) is 4.74 Å². The first-order valence-corrected chi connectivity index (χ1v) is 13.7. The van der Waals surface area contributed by atoms with Gasteiger partial charge in [-0.05, 0) is 43.2 Å². The third kappa shape index (κ3) is 8.10. The van der Waals surface area contributed by atoms with Crippen LogP contribution in [0.4, 0.5) is 24.1 Å². The average molecular weight is 655 g/mol. The summed E-state index contributed by atoms with van der Waals surface area (Å²) >= 11 is 0. The SMILES string of the molecule is COC(=O)NC(CCC=CC(=O)N(C)C)C(=O)Nc1cccn(Cc2nc3c(Oc4ccc(F)cc4F)ncnc3n2C(=O)O)c1=O. The number of aromatic nitrogens is 5. The van der Waals surface area contributed by atoms with Crippen molar-refractivity contribution in [1.29, 1.82) is 0 Å². The Bertz CT molecular complexity index is 1920. The number of hydrogen-bond donors (Lipinski definition) is 3. The number of allylic oxidation sites excluding steroid dienone is 1. The van der Waals surface area contributed by atoms with Crippen LogP contribution < -0.4 is 20.9 Å². The van der Waals surface area contributed by atoms with Crippen molar-refractivity contribution in [3.8, 4) is 11.6 Å². The number of imidazole rings is 1. The molecule has 0 saturated carbocycles. The lowest BCUT2D eigenvalue weighted by molar-refractivity contribution is -0.123. The molecule has 4 rings (SSSR count). The molecule has 0 bridgehead atoms. The number of rotatable bonds is 11. The van der Waals surface area contributed by atoms with Gasteiger partial charge < -0.3 is 34.7 Å². The second-order valence-electron chi connectivity index (χ2n) is 9.92. The Morgan fingerprint density at radius 1 is 1.15 bits per heavy atom. The summed E-state index contributed by atoms with van der Waals surface area (Å²) in [6.45, 7) is -0.440. The van der Waals surface area contributed by atoms with E-state index in [0.717, 1.165) is 30.1 Å². The smallest absolute Gasteiger partial charge is 0.418 e. The van der Waals surface area contributed by atoms with Crippen LogP contribution in [0.2, 0.25) is 0 Å². The van der Waals surface area contributed by atoms with Gasteiger partial charge in [-0.1, -0.05) is 6.08 Å². The van der Waals surface area contributed by atoms with Crippen LogP contribution in [-0.4, -0.2) is 85.3 Å². The zero-order valence-corrected chi connectivity index (χ0v) is 25.1. The predicted molar refractivity (Wildman–Crippen MR) is 160 cm³/mol. The predicted octanol–water partition coefficient (Wildman–Crippen LogP) is 2.72. The Morgan fingerprint density at radius 3 is 2.60 bits per heavy atom. The van der Waals surface area contributed by atoms with Crippen LogP contribution in [0, 0.1) is 11.6 Å². The van der Waals surface area contributed by atoms with Gasteiger partial charge in [0.05, 0.1) is 13.7 Å². The summed E-state index contributed by atoms with van der Waals surface area (Å²) in [6.07, 6.45) is 2.97. The quantitative estimate of drug-likeness (QED) is 0.201. The topological polar surface area (TPSA) is 200 Å². The summed E-state index contributed by atoms with van der Waals surface area (Å²) in [4.78, 5) is 75.8. The highest BCUT2D eigenvalue weighted by atomic mass is 19.1. The van der Waals surface area contributed by atoms with E-state index in [0.29, 0.717) is 10.6 Å². The third-order valence-corrected chi connectivity index (χ3v) is 6.48. The molecule has 3 aromatic heterocycles. The molecule has 0 saturated heterocycles. The van der Waals surface area contributed by atoms with E-state index in [1.807, 2.05) is 0 Å². The summed E-state index contributed by atoms with van der Waals surface area (Å²) in [7, 11) is 4.26. The number of methoxy groups -OCH3 is 1. The monoisotopic (exact) mass is 654 g/mol. The third-order valence-electron chi connectivity index (χ3n) is 6.48. The van der Waals surface area contributed by atoms with Crippen molar-refractivity contribution in [3.63, 3.8) is 0 Å². The lowest BCUT2D eigenvalue weighted by Gasteiger charge is -2.17. The fraction of sp³-hybridized carbons (Fsp3) is 0.241. The first-order valence-electron chi connectivity index (χ1n) is 13.7. The van der Waals surface area contributed by atoms with Crippen molar-refractivity contribution >= 4 is 40.9 Å². The van der Waals surface area contributed by atoms with Crippen LogP contribution in [0.3, 0.4) is 0 Å². The molecule has 0 spiro atoms. The van der Waals surface area contributed by atoms with Crippen molar-refractivity contribution in [2.45, 2.75) is 25.4 Å². The number of carboxylic acid groups (broad SMARTS) is 1. The molecule has 18 heteroatoms. The Balaban J connectivity index is 1.60. The van der Waals surface area contributed by atoms with Crippen LogP contribution in [0.1, 0.15) is 18.7 Å². The maximum absolute atomic E-state index is 14.2. The molecule has 4 aromatic rings. The van der Waals surface area contributed by atoms with Crippen LogP contribution in [0.25, 0.3) is 11.2 Å². The number of halogens is 2. The van der Waals surface area contributed by atoms with E-state index in [-0.39, 0.29) is 47.3 Å². The van der Waals surface area contributed by atoms with Crippen LogP contribution in [0.15, 0.2) is 59.8 Å². The van der Waals surface area contributed by atoms with E-state index >= 15 is 0 Å². The van der Waals surface area contributed by atoms with Gasteiger partial charge in [-0.2, -0.15) is 4.98 Å². The Morgan fingerprint density at radius 2 is 1.91 bits per heavy atom. The lowest BCUT2D eigenvalue weighted by atomic mass is 10.1. The molecule has 3 amide bonds. The zero-order chi connectivity index (χ0) is 34.2. The average Bonchev–Trinajstić information content (AvgIpc) is 3.40. The molecule has 0 radical (unpaired) electrons. The first-order chi connectivity index (χ1) is 22.4. The molecular formula is C29H28F2N8O8. The Hall–Kier alpha value is -6.20. The number of benzene rings is 1. The normalized spacial score (nSPS) is 11.7. The number of anilines is 1. The molecular weight excluding hydrogens is 626 g/mol. The maximum Gasteiger partial charge on any atom is 0.418 e. The minimum Gasteiger partial charge on any atom is -0.464 e. The van der Waals surface area contributed by atoms with E-state index < -0.39 is 53.6 Å². The molecule has 16 nitrogen and oxygen atoms in total. The van der Waals surface area contributed by atoms with Gasteiger partial charge in [-0.3, -0.25) is 14.4 Å². The second kappa shape index (κ2) is 14.7. The number of carbonyl (C=O) groups is 4. The van der Waals surface area contributed by atoms with Gasteiger partial charge in [0.1, 0.15) is 29.7 Å². The van der Waals surface area contributed by atoms with Gasteiger partial charge in [0.25, 0.3) is 11.4 Å². The number of amides is 3. The fourth-order valence-corrected chi connectivity index (χ4v) is 4.16. The van der Waals surface area contributed by atoms with Crippen LogP contribution in [0.5, 0.6) is 11.6 Å². The number of nitrogens with zero attached hydrogens (tertiary/aromatic N) is 6. The maximum atomic E-state index is 14.2. The van der Waals surface area contributed by atoms with Crippen molar-refractivity contribution < 1.29 is 42.5 Å². The van der Waals surface area contributed by atoms with E-state index in [1.165, 1.54) is 35.4 Å². The van der Waals surface area contributed by atoms with Gasteiger partial charge in [0, 0.05) is 26.4 Å². The van der Waals surface area contributed by atoms with Crippen LogP contribution >= 0.6 is 0 Å². The summed E-state index contributed by atoms with van der Waals surface area (Å²) in [5.74, 6) is -3.88. The van der Waals surface area contributed by atoms with Crippen molar-refractivity contribution in [2.75, 3.05) is 26.5 Å². The number of ether oxygens (including phenoxy) is 2. The number of nitrogens with one attached hydrogen (secondary N) is 2. The van der Waals surface area contributed by atoms with Crippen molar-refractivity contribution in [1.82, 2.24) is 34.3 Å². The van der Waals surface area contributed by atoms with E-state index in [1.54, 1.807) is 14.1 Å². The van der Waals surface area contributed by atoms with Gasteiger partial charge >= 0.3 is 12.2 Å². The highest BCUT2D eigenvalue weighted by molar-refractivity contribution is 5.96. The van der Waals surface area contributed by atoms with Gasteiger partial charge in [0.2, 0.25) is 11.8 Å². The van der Waals surface area contributed by atoms with E-state index in [2.05, 4.69) is 30.3 Å². The molecule has 0 aliphatic rings. The molecule has 0 aliphatic heterocycles. The number of carbonyl (C=O) groups excluding carboxylic acids is 3. The van der Waals surface area contributed by atoms with Crippen molar-refractivity contribution in [2.24, 2.45) is 0 Å². The Kier molecular flexibility index (Phi) is 10.6. The van der Waals surface area contributed by atoms with Crippen molar-refractivity contribution in [3.05, 3.63) is 82.8 Å². The molecule has 0 aliphatic carbocycles. The largest absolute Gasteiger partial charge is 0.464 e. The molecule has 47 heavy (non-hydrogen) atoms. The molecule has 1 atom stereocenters. The minimum atomic E-state index is -1.52. The highest BCUT2D eigenvalue weighted by Gasteiger charge is 2.24. The minimum absolute atomic E-state index is 0.0507. The number of fused-ring (bicyclic) bond motifs is 1. The molecule has 3 heterocycles. The highest BCUT2D eigenvalue weighted by Crippen LogP contribution is 2.29. The number of alkyl carbamates (subject to hydrolysis) is 1. The fourth-order valence-electron chi connectivity index (χ4n) is 4.16. The molecule has 1 aromatic carbocycles. The van der Waals surface area contributed by atoms with Gasteiger partial charge in [-0.25, -0.2) is 32.9 Å². The molecule has 246 valence electrons. The van der Waals surface area contributed by atoms with Gasteiger partial charge in [0.15, 0.2) is 22.7 Å².